The van der Waals surface area contributed by atoms with E-state index < -0.39 is 24.1 Å². The molecule has 0 spiro atoms. The quantitative estimate of drug-likeness (QED) is 0.567. The molecule has 0 saturated carbocycles. The number of aliphatic hydroxyl groups is 1. The number of hydrogen-bond donors (Lipinski definition) is 3. The molecule has 1 aromatic heterocycles. The molecule has 2 amide bonds. The lowest BCUT2D eigenvalue weighted by atomic mass is 9.99. The lowest BCUT2D eigenvalue weighted by Gasteiger charge is -2.29. The summed E-state index contributed by atoms with van der Waals surface area (Å²) in [5.41, 5.74) is 7.36. The summed E-state index contributed by atoms with van der Waals surface area (Å²) in [5.74, 6) is -0.855. The Morgan fingerprint density at radius 3 is 2.83 bits per heavy atom. The number of benzene rings is 1. The minimum atomic E-state index is -1.06. The van der Waals surface area contributed by atoms with Crippen molar-refractivity contribution in [2.45, 2.75) is 51.4 Å². The number of halogens is 1. The maximum atomic E-state index is 12.9. The van der Waals surface area contributed by atoms with Crippen molar-refractivity contribution < 1.29 is 14.7 Å². The van der Waals surface area contributed by atoms with Crippen LogP contribution >= 0.6 is 11.6 Å². The molecule has 3 rings (SSSR count). The first-order valence-corrected chi connectivity index (χ1v) is 10.2. The lowest BCUT2D eigenvalue weighted by Crippen LogP contribution is -2.55. The summed E-state index contributed by atoms with van der Waals surface area (Å²) < 4.78 is 1.48. The Balaban J connectivity index is 1.69. The molecule has 2 heterocycles. The molecule has 0 bridgehead atoms. The molecule has 1 aliphatic rings. The summed E-state index contributed by atoms with van der Waals surface area (Å²) >= 11 is 6.11. The van der Waals surface area contributed by atoms with Gasteiger partial charge < -0.3 is 21.1 Å². The molecule has 0 aliphatic carbocycles. The molecule has 2 aromatic rings. The average molecular weight is 436 g/mol. The van der Waals surface area contributed by atoms with E-state index in [4.69, 9.17) is 17.3 Å². The average Bonchev–Trinajstić information content (AvgIpc) is 3.42. The molecular weight excluding hydrogens is 410 g/mol. The number of carbonyl (C=O) groups excluding carboxylic acids is 2. The van der Waals surface area contributed by atoms with Crippen molar-refractivity contribution in [2.75, 3.05) is 6.54 Å². The van der Waals surface area contributed by atoms with Crippen molar-refractivity contribution in [3.05, 3.63) is 35.1 Å². The minimum absolute atomic E-state index is 0.161. The van der Waals surface area contributed by atoms with E-state index in [9.17, 15) is 14.7 Å². The van der Waals surface area contributed by atoms with Crippen LogP contribution in [-0.4, -0.2) is 66.8 Å². The van der Waals surface area contributed by atoms with Crippen molar-refractivity contribution in [1.82, 2.24) is 30.4 Å². The Hall–Kier alpha value is -2.56. The smallest absolute Gasteiger partial charge is 0.243 e. The Bertz CT molecular complexity index is 890. The number of likely N-dealkylation sites (tertiary alicyclic amines) is 1. The maximum Gasteiger partial charge on any atom is 0.243 e. The van der Waals surface area contributed by atoms with Gasteiger partial charge in [0, 0.05) is 18.1 Å². The monoisotopic (exact) mass is 435 g/mol. The standard InChI is InChI=1S/C19H26ClN7O3/c1-11(2)17(28)16(21)19(30)26-7-3-4-15(26)18(29)22-9-12-8-13(20)5-6-14(12)27-10-23-24-25-27/h5-6,8,10-11,15-17,28H,3-4,7,9,21H2,1-2H3,(H,22,29)/t15-,16-,17-/m0/s1. The van der Waals surface area contributed by atoms with E-state index in [1.54, 1.807) is 32.0 Å². The maximum absolute atomic E-state index is 12.9. The molecule has 0 unspecified atom stereocenters. The molecule has 11 heteroatoms. The van der Waals surface area contributed by atoms with Crippen LogP contribution in [-0.2, 0) is 16.1 Å². The number of nitrogens with one attached hydrogen (secondary N) is 1. The molecule has 1 saturated heterocycles. The van der Waals surface area contributed by atoms with Crippen LogP contribution in [0.15, 0.2) is 24.5 Å². The zero-order valence-corrected chi connectivity index (χ0v) is 17.7. The minimum Gasteiger partial charge on any atom is -0.391 e. The van der Waals surface area contributed by atoms with Crippen LogP contribution in [0.1, 0.15) is 32.3 Å². The van der Waals surface area contributed by atoms with Gasteiger partial charge in [-0.25, -0.2) is 4.68 Å². The van der Waals surface area contributed by atoms with Gasteiger partial charge in [-0.3, -0.25) is 9.59 Å². The van der Waals surface area contributed by atoms with E-state index in [2.05, 4.69) is 20.8 Å². The van der Waals surface area contributed by atoms with Crippen molar-refractivity contribution >= 4 is 23.4 Å². The van der Waals surface area contributed by atoms with Crippen molar-refractivity contribution in [3.63, 3.8) is 0 Å². The summed E-state index contributed by atoms with van der Waals surface area (Å²) in [7, 11) is 0. The van der Waals surface area contributed by atoms with Crippen molar-refractivity contribution in [1.29, 1.82) is 0 Å². The Morgan fingerprint density at radius 2 is 2.17 bits per heavy atom. The largest absolute Gasteiger partial charge is 0.391 e. The topological polar surface area (TPSA) is 139 Å². The van der Waals surface area contributed by atoms with Crippen LogP contribution in [0.4, 0.5) is 0 Å². The number of tetrazole rings is 1. The normalized spacial score (nSPS) is 18.5. The summed E-state index contributed by atoms with van der Waals surface area (Å²) in [5, 5.41) is 24.7. The third-order valence-electron chi connectivity index (χ3n) is 5.27. The second kappa shape index (κ2) is 9.50. The van der Waals surface area contributed by atoms with Crippen molar-refractivity contribution in [3.8, 4) is 5.69 Å². The van der Waals surface area contributed by atoms with Crippen LogP contribution in [0.25, 0.3) is 5.69 Å². The van der Waals surface area contributed by atoms with Gasteiger partial charge in [-0.2, -0.15) is 0 Å². The Kier molecular flexibility index (Phi) is 7.01. The van der Waals surface area contributed by atoms with Gasteiger partial charge in [0.05, 0.1) is 11.8 Å². The van der Waals surface area contributed by atoms with Gasteiger partial charge in [0.15, 0.2) is 0 Å². The van der Waals surface area contributed by atoms with E-state index >= 15 is 0 Å². The van der Waals surface area contributed by atoms with Gasteiger partial charge in [-0.1, -0.05) is 25.4 Å². The molecule has 1 aliphatic heterocycles. The highest BCUT2D eigenvalue weighted by atomic mass is 35.5. The number of nitrogens with zero attached hydrogens (tertiary/aromatic N) is 5. The summed E-state index contributed by atoms with van der Waals surface area (Å²) in [6, 6.07) is 3.52. The van der Waals surface area contributed by atoms with Gasteiger partial charge >= 0.3 is 0 Å². The zero-order chi connectivity index (χ0) is 21.8. The fourth-order valence-corrected chi connectivity index (χ4v) is 3.74. The Morgan fingerprint density at radius 1 is 1.40 bits per heavy atom. The fraction of sp³-hybridized carbons (Fsp3) is 0.526. The highest BCUT2D eigenvalue weighted by molar-refractivity contribution is 6.30. The van der Waals surface area contributed by atoms with Crippen LogP contribution < -0.4 is 11.1 Å². The lowest BCUT2D eigenvalue weighted by molar-refractivity contribution is -0.141. The molecule has 4 N–H and O–H groups in total. The summed E-state index contributed by atoms with van der Waals surface area (Å²) in [6.45, 7) is 4.20. The third kappa shape index (κ3) is 4.77. The van der Waals surface area contributed by atoms with Gasteiger partial charge in [-0.05, 0) is 52.9 Å². The van der Waals surface area contributed by atoms with Gasteiger partial charge in [0.2, 0.25) is 11.8 Å². The molecule has 1 fully saturated rings. The number of hydrogen-bond acceptors (Lipinski definition) is 7. The number of rotatable bonds is 7. The third-order valence-corrected chi connectivity index (χ3v) is 5.50. The molecule has 30 heavy (non-hydrogen) atoms. The number of amides is 2. The van der Waals surface area contributed by atoms with E-state index in [0.717, 1.165) is 5.56 Å². The second-order valence-corrected chi connectivity index (χ2v) is 8.13. The second-order valence-electron chi connectivity index (χ2n) is 7.70. The van der Waals surface area contributed by atoms with Crippen LogP contribution in [0.5, 0.6) is 0 Å². The van der Waals surface area contributed by atoms with E-state index in [0.29, 0.717) is 30.1 Å². The number of carbonyl (C=O) groups is 2. The van der Waals surface area contributed by atoms with Gasteiger partial charge in [0.25, 0.3) is 0 Å². The van der Waals surface area contributed by atoms with Crippen LogP contribution in [0.2, 0.25) is 5.02 Å². The number of nitrogens with two attached hydrogens (primary N) is 1. The van der Waals surface area contributed by atoms with Crippen molar-refractivity contribution in [2.24, 2.45) is 11.7 Å². The van der Waals surface area contributed by atoms with E-state index in [-0.39, 0.29) is 18.4 Å². The highest BCUT2D eigenvalue weighted by Crippen LogP contribution is 2.22. The zero-order valence-electron chi connectivity index (χ0n) is 16.9. The predicted molar refractivity (Wildman–Crippen MR) is 110 cm³/mol. The van der Waals surface area contributed by atoms with E-state index in [1.807, 2.05) is 0 Å². The molecular formula is C19H26ClN7O3. The number of aliphatic hydroxyl groups excluding tert-OH is 1. The predicted octanol–water partition coefficient (Wildman–Crippen LogP) is 0.267. The van der Waals surface area contributed by atoms with E-state index in [1.165, 1.54) is 15.9 Å². The van der Waals surface area contributed by atoms with Crippen LogP contribution in [0, 0.1) is 5.92 Å². The number of aromatic nitrogens is 4. The van der Waals surface area contributed by atoms with Gasteiger partial charge in [-0.15, -0.1) is 5.10 Å². The molecule has 0 radical (unpaired) electrons. The Labute approximate surface area is 179 Å². The first-order chi connectivity index (χ1) is 14.3. The van der Waals surface area contributed by atoms with Crippen LogP contribution in [0.3, 0.4) is 0 Å². The fourth-order valence-electron chi connectivity index (χ4n) is 3.55. The SMILES string of the molecule is CC(C)[C@H](O)[C@H](N)C(=O)N1CCC[C@H]1C(=O)NCc1cc(Cl)ccc1-n1cnnn1. The summed E-state index contributed by atoms with van der Waals surface area (Å²) in [6.07, 6.45) is 1.72. The molecule has 10 nitrogen and oxygen atoms in total. The van der Waals surface area contributed by atoms with Gasteiger partial charge in [0.1, 0.15) is 18.4 Å². The molecule has 162 valence electrons. The molecule has 3 atom stereocenters. The highest BCUT2D eigenvalue weighted by Gasteiger charge is 2.38. The first kappa shape index (κ1) is 22.1. The molecule has 1 aromatic carbocycles. The first-order valence-electron chi connectivity index (χ1n) is 9.83. The summed E-state index contributed by atoms with van der Waals surface area (Å²) in [4.78, 5) is 27.1.